The first-order chi connectivity index (χ1) is 16.9. The van der Waals surface area contributed by atoms with Gasteiger partial charge in [-0.2, -0.15) is 0 Å². The summed E-state index contributed by atoms with van der Waals surface area (Å²) < 4.78 is 43.8. The number of amides is 1. The van der Waals surface area contributed by atoms with E-state index < -0.39 is 10.0 Å². The monoisotopic (exact) mass is 492 g/mol. The Bertz CT molecular complexity index is 1400. The highest BCUT2D eigenvalue weighted by atomic mass is 32.2. The first-order valence-corrected chi connectivity index (χ1v) is 12.6. The van der Waals surface area contributed by atoms with E-state index in [9.17, 15) is 13.2 Å². The third kappa shape index (κ3) is 4.67. The number of sulfonamides is 1. The van der Waals surface area contributed by atoms with Gasteiger partial charge in [-0.1, -0.05) is 6.07 Å². The number of methoxy groups -OCH3 is 1. The number of hydrogen-bond acceptors (Lipinski definition) is 6. The largest absolute Gasteiger partial charge is 0.497 e. The molecule has 9 heteroatoms. The van der Waals surface area contributed by atoms with Gasteiger partial charge in [-0.25, -0.2) is 8.42 Å². The van der Waals surface area contributed by atoms with Crippen LogP contribution in [0, 0.1) is 0 Å². The lowest BCUT2D eigenvalue weighted by molar-refractivity contribution is -0.111. The van der Waals surface area contributed by atoms with Crippen molar-refractivity contribution < 1.29 is 27.4 Å². The van der Waals surface area contributed by atoms with E-state index in [0.29, 0.717) is 41.6 Å². The summed E-state index contributed by atoms with van der Waals surface area (Å²) in [4.78, 5) is 12.7. The van der Waals surface area contributed by atoms with Crippen molar-refractivity contribution >= 4 is 33.4 Å². The SMILES string of the molecule is COc1ccc(S(=O)(=O)N2CCCc3cc(NC(=O)/C=C/c4ccc5c(c4)OCO5)ccc32)cc1. The molecular formula is C26H24N2O6S. The van der Waals surface area contributed by atoms with Gasteiger partial charge >= 0.3 is 0 Å². The Balaban J connectivity index is 1.31. The molecule has 2 aliphatic rings. The first kappa shape index (κ1) is 22.8. The van der Waals surface area contributed by atoms with Gasteiger partial charge in [0.05, 0.1) is 17.7 Å². The number of rotatable bonds is 6. The van der Waals surface area contributed by atoms with Crippen LogP contribution in [0.3, 0.4) is 0 Å². The van der Waals surface area contributed by atoms with Crippen molar-refractivity contribution in [2.75, 3.05) is 30.1 Å². The molecule has 180 valence electrons. The van der Waals surface area contributed by atoms with Crippen LogP contribution in [0.2, 0.25) is 0 Å². The standard InChI is InChI=1S/C26H24N2O6S/c1-32-21-7-9-22(10-8-21)35(30,31)28-14-2-3-19-16-20(6-11-23(19)28)27-26(29)13-5-18-4-12-24-25(15-18)34-17-33-24/h4-13,15-16H,2-3,14,17H2,1H3,(H,27,29)/b13-5+. The number of aryl methyl sites for hydroxylation is 1. The molecule has 8 nitrogen and oxygen atoms in total. The molecule has 0 unspecified atom stereocenters. The van der Waals surface area contributed by atoms with E-state index in [0.717, 1.165) is 17.5 Å². The van der Waals surface area contributed by atoms with Gasteiger partial charge in [-0.3, -0.25) is 9.10 Å². The number of fused-ring (bicyclic) bond motifs is 2. The van der Waals surface area contributed by atoms with Gasteiger partial charge in [-0.05, 0) is 84.6 Å². The summed E-state index contributed by atoms with van der Waals surface area (Å²) in [5, 5.41) is 2.85. The Kier molecular flexibility index (Phi) is 6.08. The molecule has 2 aliphatic heterocycles. The Labute approximate surface area is 203 Å². The molecule has 0 fully saturated rings. The zero-order valence-corrected chi connectivity index (χ0v) is 19.9. The topological polar surface area (TPSA) is 94.2 Å². The van der Waals surface area contributed by atoms with Crippen molar-refractivity contribution in [2.24, 2.45) is 0 Å². The number of carbonyl (C=O) groups is 1. The maximum absolute atomic E-state index is 13.3. The van der Waals surface area contributed by atoms with Crippen LogP contribution in [0.15, 0.2) is 71.6 Å². The molecule has 0 saturated heterocycles. The second-order valence-corrected chi connectivity index (χ2v) is 10.00. The van der Waals surface area contributed by atoms with E-state index in [1.807, 2.05) is 18.2 Å². The van der Waals surface area contributed by atoms with Crippen LogP contribution in [-0.2, 0) is 21.2 Å². The molecule has 0 aliphatic carbocycles. The molecule has 35 heavy (non-hydrogen) atoms. The fourth-order valence-corrected chi connectivity index (χ4v) is 5.68. The highest BCUT2D eigenvalue weighted by molar-refractivity contribution is 7.92. The maximum Gasteiger partial charge on any atom is 0.264 e. The minimum atomic E-state index is -3.72. The number of ether oxygens (including phenoxy) is 3. The van der Waals surface area contributed by atoms with Gasteiger partial charge in [0.25, 0.3) is 10.0 Å². The summed E-state index contributed by atoms with van der Waals surface area (Å²) in [7, 11) is -2.18. The summed E-state index contributed by atoms with van der Waals surface area (Å²) in [6.07, 6.45) is 4.54. The Hall–Kier alpha value is -3.98. The van der Waals surface area contributed by atoms with E-state index >= 15 is 0 Å². The summed E-state index contributed by atoms with van der Waals surface area (Å²) >= 11 is 0. The van der Waals surface area contributed by atoms with Crippen LogP contribution >= 0.6 is 0 Å². The van der Waals surface area contributed by atoms with Crippen LogP contribution in [0.25, 0.3) is 6.08 Å². The molecule has 0 atom stereocenters. The molecule has 0 spiro atoms. The average Bonchev–Trinajstić information content (AvgIpc) is 3.35. The minimum Gasteiger partial charge on any atom is -0.497 e. The fraction of sp³-hybridized carbons (Fsp3) is 0.192. The summed E-state index contributed by atoms with van der Waals surface area (Å²) in [5.74, 6) is 1.64. The van der Waals surface area contributed by atoms with E-state index in [-0.39, 0.29) is 17.6 Å². The average molecular weight is 493 g/mol. The van der Waals surface area contributed by atoms with Crippen LogP contribution in [0.5, 0.6) is 17.2 Å². The predicted octanol–water partition coefficient (Wildman–Crippen LogP) is 4.22. The quantitative estimate of drug-likeness (QED) is 0.518. The van der Waals surface area contributed by atoms with Gasteiger partial charge in [0.15, 0.2) is 11.5 Å². The Morgan fingerprint density at radius 2 is 1.83 bits per heavy atom. The van der Waals surface area contributed by atoms with Gasteiger partial charge in [-0.15, -0.1) is 0 Å². The van der Waals surface area contributed by atoms with Crippen molar-refractivity contribution in [2.45, 2.75) is 17.7 Å². The number of carbonyl (C=O) groups excluding carboxylic acids is 1. The highest BCUT2D eigenvalue weighted by Crippen LogP contribution is 2.35. The molecule has 3 aromatic rings. The van der Waals surface area contributed by atoms with Crippen molar-refractivity contribution in [1.82, 2.24) is 0 Å². The maximum atomic E-state index is 13.3. The lowest BCUT2D eigenvalue weighted by atomic mass is 10.0. The van der Waals surface area contributed by atoms with Crippen LogP contribution < -0.4 is 23.8 Å². The molecule has 3 aromatic carbocycles. The van der Waals surface area contributed by atoms with Crippen molar-refractivity contribution in [3.8, 4) is 17.2 Å². The van der Waals surface area contributed by atoms with E-state index in [4.69, 9.17) is 14.2 Å². The lowest BCUT2D eigenvalue weighted by Crippen LogP contribution is -2.35. The molecule has 0 saturated carbocycles. The second kappa shape index (κ2) is 9.34. The minimum absolute atomic E-state index is 0.195. The third-order valence-electron chi connectivity index (χ3n) is 5.89. The smallest absolute Gasteiger partial charge is 0.264 e. The van der Waals surface area contributed by atoms with E-state index in [2.05, 4.69) is 5.32 Å². The first-order valence-electron chi connectivity index (χ1n) is 11.1. The Morgan fingerprint density at radius 1 is 1.03 bits per heavy atom. The number of nitrogens with one attached hydrogen (secondary N) is 1. The number of anilines is 2. The molecule has 1 amide bonds. The highest BCUT2D eigenvalue weighted by Gasteiger charge is 2.29. The van der Waals surface area contributed by atoms with E-state index in [1.54, 1.807) is 48.5 Å². The van der Waals surface area contributed by atoms with Gasteiger partial charge in [0.2, 0.25) is 12.7 Å². The lowest BCUT2D eigenvalue weighted by Gasteiger charge is -2.31. The van der Waals surface area contributed by atoms with Gasteiger partial charge in [0, 0.05) is 18.3 Å². The van der Waals surface area contributed by atoms with Gasteiger partial charge < -0.3 is 19.5 Å². The van der Waals surface area contributed by atoms with Crippen LogP contribution in [-0.4, -0.2) is 34.8 Å². The zero-order valence-electron chi connectivity index (χ0n) is 19.1. The van der Waals surface area contributed by atoms with Crippen LogP contribution in [0.1, 0.15) is 17.5 Å². The zero-order chi connectivity index (χ0) is 24.4. The molecule has 0 aromatic heterocycles. The van der Waals surface area contributed by atoms with Crippen molar-refractivity contribution in [1.29, 1.82) is 0 Å². The number of benzene rings is 3. The number of hydrogen-bond donors (Lipinski definition) is 1. The molecule has 0 bridgehead atoms. The number of nitrogens with zero attached hydrogens (tertiary/aromatic N) is 1. The van der Waals surface area contributed by atoms with Gasteiger partial charge in [0.1, 0.15) is 5.75 Å². The summed E-state index contributed by atoms with van der Waals surface area (Å²) in [5.41, 5.74) is 2.91. The predicted molar refractivity (Wildman–Crippen MR) is 133 cm³/mol. The molecule has 5 rings (SSSR count). The van der Waals surface area contributed by atoms with Crippen molar-refractivity contribution in [3.05, 3.63) is 77.9 Å². The molecular weight excluding hydrogens is 468 g/mol. The molecule has 0 radical (unpaired) electrons. The summed E-state index contributed by atoms with van der Waals surface area (Å²) in [6, 6.07) is 17.1. The van der Waals surface area contributed by atoms with Crippen LogP contribution in [0.4, 0.5) is 11.4 Å². The third-order valence-corrected chi connectivity index (χ3v) is 7.72. The summed E-state index contributed by atoms with van der Waals surface area (Å²) in [6.45, 7) is 0.589. The molecule has 1 N–H and O–H groups in total. The Morgan fingerprint density at radius 3 is 2.63 bits per heavy atom. The fourth-order valence-electron chi connectivity index (χ4n) is 4.14. The second-order valence-electron chi connectivity index (χ2n) is 8.14. The van der Waals surface area contributed by atoms with Crippen molar-refractivity contribution in [3.63, 3.8) is 0 Å². The van der Waals surface area contributed by atoms with E-state index in [1.165, 1.54) is 17.5 Å². The normalized spacial score (nSPS) is 14.6. The molecule has 2 heterocycles.